The second-order valence-corrected chi connectivity index (χ2v) is 10.1. The van der Waals surface area contributed by atoms with Gasteiger partial charge in [-0.05, 0) is 67.1 Å². The largest absolute Gasteiger partial charge is 0.485 e. The molecule has 8 heteroatoms. The van der Waals surface area contributed by atoms with E-state index in [0.29, 0.717) is 24.6 Å². The molecule has 0 bridgehead atoms. The number of amides is 1. The van der Waals surface area contributed by atoms with Gasteiger partial charge in [-0.15, -0.1) is 0 Å². The molecule has 2 aromatic carbocycles. The number of aliphatic hydroxyl groups excluding tert-OH is 1. The van der Waals surface area contributed by atoms with E-state index in [1.165, 1.54) is 17.5 Å². The average Bonchev–Trinajstić information content (AvgIpc) is 3.29. The number of benzene rings is 2. The molecule has 1 fully saturated rings. The molecule has 2 aliphatic heterocycles. The Morgan fingerprint density at radius 3 is 2.89 bits per heavy atom. The molecule has 0 spiro atoms. The van der Waals surface area contributed by atoms with Crippen LogP contribution in [0.25, 0.3) is 0 Å². The lowest BCUT2D eigenvalue weighted by atomic mass is 9.94. The first-order chi connectivity index (χ1) is 18.0. The fourth-order valence-electron chi connectivity index (χ4n) is 5.05. The van der Waals surface area contributed by atoms with Gasteiger partial charge in [0.1, 0.15) is 12.4 Å². The minimum atomic E-state index is -0.644. The zero-order valence-electron chi connectivity index (χ0n) is 21.5. The number of hydrogen-bond donors (Lipinski definition) is 2. The van der Waals surface area contributed by atoms with E-state index in [1.807, 2.05) is 37.3 Å². The first kappa shape index (κ1) is 25.4. The number of rotatable bonds is 10. The number of β-amino-alcohol motifs (C(OH)–C–C–N with tert-alkyl or cyclic N) is 1. The highest BCUT2D eigenvalue weighted by atomic mass is 16.5. The average molecular weight is 506 g/mol. The highest BCUT2D eigenvalue weighted by Gasteiger charge is 2.23. The van der Waals surface area contributed by atoms with Crippen molar-refractivity contribution in [2.45, 2.75) is 45.9 Å². The number of nitrogens with one attached hydrogen (secondary N) is 1. The third-order valence-electron chi connectivity index (χ3n) is 7.31. The quantitative estimate of drug-likeness (QED) is 0.437. The molecule has 1 atom stereocenters. The van der Waals surface area contributed by atoms with Gasteiger partial charge in [-0.25, -0.2) is 4.98 Å². The van der Waals surface area contributed by atoms with Gasteiger partial charge in [-0.2, -0.15) is 0 Å². The van der Waals surface area contributed by atoms with Crippen molar-refractivity contribution in [1.29, 1.82) is 0 Å². The van der Waals surface area contributed by atoms with E-state index in [1.54, 1.807) is 0 Å². The van der Waals surface area contributed by atoms with Crippen LogP contribution in [-0.4, -0.2) is 59.8 Å². The van der Waals surface area contributed by atoms with E-state index < -0.39 is 6.10 Å². The maximum atomic E-state index is 12.7. The molecule has 0 aliphatic carbocycles. The molecule has 3 heterocycles. The van der Waals surface area contributed by atoms with Gasteiger partial charge in [0, 0.05) is 37.7 Å². The van der Waals surface area contributed by atoms with E-state index in [4.69, 9.17) is 13.9 Å². The summed E-state index contributed by atoms with van der Waals surface area (Å²) >= 11 is 0. The number of carbonyl (C=O) groups is 1. The Balaban J connectivity index is 1.10. The molecule has 8 nitrogen and oxygen atoms in total. The normalized spacial score (nSPS) is 16.6. The van der Waals surface area contributed by atoms with Gasteiger partial charge < -0.3 is 24.3 Å². The summed E-state index contributed by atoms with van der Waals surface area (Å²) in [5, 5.41) is 13.5. The number of nitrogens with zero attached hydrogens (tertiary/aromatic N) is 2. The van der Waals surface area contributed by atoms with Crippen molar-refractivity contribution in [2.75, 3.05) is 32.8 Å². The van der Waals surface area contributed by atoms with E-state index in [0.717, 1.165) is 67.5 Å². The second-order valence-electron chi connectivity index (χ2n) is 10.1. The minimum absolute atomic E-state index is 0.154. The molecule has 2 N–H and O–H groups in total. The predicted molar refractivity (Wildman–Crippen MR) is 139 cm³/mol. The van der Waals surface area contributed by atoms with E-state index in [-0.39, 0.29) is 12.5 Å². The zero-order chi connectivity index (χ0) is 25.8. The van der Waals surface area contributed by atoms with Gasteiger partial charge in [-0.1, -0.05) is 18.2 Å². The van der Waals surface area contributed by atoms with Gasteiger partial charge in [0.15, 0.2) is 12.2 Å². The number of aryl methyl sites for hydroxylation is 1. The summed E-state index contributed by atoms with van der Waals surface area (Å²) < 4.78 is 16.6. The third-order valence-corrected chi connectivity index (χ3v) is 7.31. The molecule has 0 unspecified atom stereocenters. The smallest absolute Gasteiger partial charge is 0.251 e. The van der Waals surface area contributed by atoms with Crippen LogP contribution in [0.15, 0.2) is 47.2 Å². The third kappa shape index (κ3) is 6.21. The Kier molecular flexibility index (Phi) is 7.88. The Morgan fingerprint density at radius 1 is 1.27 bits per heavy atom. The molecule has 3 aromatic rings. The van der Waals surface area contributed by atoms with E-state index in [2.05, 4.69) is 28.2 Å². The first-order valence-corrected chi connectivity index (χ1v) is 12.9. The summed E-state index contributed by atoms with van der Waals surface area (Å²) in [6.45, 7) is 8.26. The van der Waals surface area contributed by atoms with Crippen LogP contribution in [0.2, 0.25) is 0 Å². The number of ether oxygens (including phenoxy) is 2. The summed E-state index contributed by atoms with van der Waals surface area (Å²) in [6.07, 6.45) is 2.60. The Hall–Kier alpha value is -3.20. The Labute approximate surface area is 217 Å². The molecule has 5 rings (SSSR count). The summed E-state index contributed by atoms with van der Waals surface area (Å²) in [5.74, 6) is 1.98. The van der Waals surface area contributed by atoms with Crippen molar-refractivity contribution in [2.24, 2.45) is 5.92 Å². The number of oxazole rings is 1. The van der Waals surface area contributed by atoms with Crippen LogP contribution in [0, 0.1) is 19.8 Å². The Bertz CT molecular complexity index is 1240. The molecule has 196 valence electrons. The Morgan fingerprint density at radius 2 is 2.14 bits per heavy atom. The summed E-state index contributed by atoms with van der Waals surface area (Å²) in [5.41, 5.74) is 6.31. The number of carbonyl (C=O) groups excluding carboxylic acids is 1. The van der Waals surface area contributed by atoms with Crippen LogP contribution in [-0.2, 0) is 30.7 Å². The van der Waals surface area contributed by atoms with Crippen LogP contribution in [0.5, 0.6) is 5.75 Å². The van der Waals surface area contributed by atoms with Crippen molar-refractivity contribution in [3.63, 3.8) is 0 Å². The lowest BCUT2D eigenvalue weighted by Crippen LogP contribution is -2.42. The number of aliphatic hydroxyl groups is 1. The molecular formula is C29H35N3O5. The predicted octanol–water partition coefficient (Wildman–Crippen LogP) is 3.21. The summed E-state index contributed by atoms with van der Waals surface area (Å²) in [7, 11) is 0. The highest BCUT2D eigenvalue weighted by Crippen LogP contribution is 2.30. The fraction of sp³-hybridized carbons (Fsp3) is 0.448. The molecule has 0 saturated carbocycles. The van der Waals surface area contributed by atoms with Gasteiger partial charge in [0.25, 0.3) is 5.91 Å². The van der Waals surface area contributed by atoms with E-state index >= 15 is 0 Å². The van der Waals surface area contributed by atoms with Gasteiger partial charge in [0.05, 0.1) is 25.0 Å². The summed E-state index contributed by atoms with van der Waals surface area (Å²) in [4.78, 5) is 19.0. The van der Waals surface area contributed by atoms with E-state index in [9.17, 15) is 9.90 Å². The molecule has 0 radical (unpaired) electrons. The molecule has 1 aromatic heterocycles. The van der Waals surface area contributed by atoms with Crippen LogP contribution >= 0.6 is 0 Å². The van der Waals surface area contributed by atoms with Crippen LogP contribution in [0.3, 0.4) is 0 Å². The van der Waals surface area contributed by atoms with Gasteiger partial charge in [-0.3, -0.25) is 9.69 Å². The van der Waals surface area contributed by atoms with Crippen LogP contribution in [0.1, 0.15) is 44.1 Å². The van der Waals surface area contributed by atoms with Crippen molar-refractivity contribution < 1.29 is 23.8 Å². The zero-order valence-corrected chi connectivity index (χ0v) is 21.5. The van der Waals surface area contributed by atoms with Crippen LogP contribution in [0.4, 0.5) is 0 Å². The fourth-order valence-corrected chi connectivity index (χ4v) is 5.05. The number of hydrogen-bond acceptors (Lipinski definition) is 7. The maximum absolute atomic E-state index is 12.7. The summed E-state index contributed by atoms with van der Waals surface area (Å²) in [6, 6.07) is 11.8. The lowest BCUT2D eigenvalue weighted by Gasteiger charge is -2.31. The SMILES string of the molecule is Cc1ncoc1COc1ccc2c(c1C)CCN(C[C@@H](O)CNC(=O)c1cccc(CC3COC3)c1)C2. The lowest BCUT2D eigenvalue weighted by molar-refractivity contribution is -0.0312. The van der Waals surface area contributed by atoms with Crippen molar-refractivity contribution in [1.82, 2.24) is 15.2 Å². The minimum Gasteiger partial charge on any atom is -0.485 e. The van der Waals surface area contributed by atoms with Crippen LogP contribution < -0.4 is 10.1 Å². The first-order valence-electron chi connectivity index (χ1n) is 12.9. The molecule has 1 amide bonds. The second kappa shape index (κ2) is 11.5. The van der Waals surface area contributed by atoms with Gasteiger partial charge >= 0.3 is 0 Å². The molecule has 2 aliphatic rings. The molecule has 1 saturated heterocycles. The number of fused-ring (bicyclic) bond motifs is 1. The molecule has 37 heavy (non-hydrogen) atoms. The van der Waals surface area contributed by atoms with Crippen molar-refractivity contribution in [3.05, 3.63) is 82.1 Å². The standard InChI is InChI=1S/C29H35N3O5/c1-19-26-8-9-32(13-24(26)6-7-27(19)36-17-28-20(2)31-18-37-28)14-25(33)12-30-29(34)23-5-3-4-21(11-23)10-22-15-35-16-22/h3-7,11,18,22,25,33H,8-10,12-17H2,1-2H3,(H,30,34)/t25-/m0/s1. The monoisotopic (exact) mass is 505 g/mol. The topological polar surface area (TPSA) is 97.1 Å². The van der Waals surface area contributed by atoms with Crippen molar-refractivity contribution >= 4 is 5.91 Å². The maximum Gasteiger partial charge on any atom is 0.251 e. The number of aromatic nitrogens is 1. The molecular weight excluding hydrogens is 470 g/mol. The van der Waals surface area contributed by atoms with Crippen molar-refractivity contribution in [3.8, 4) is 5.75 Å². The van der Waals surface area contributed by atoms with Gasteiger partial charge in [0.2, 0.25) is 0 Å². The highest BCUT2D eigenvalue weighted by molar-refractivity contribution is 5.94.